The van der Waals surface area contributed by atoms with E-state index in [9.17, 15) is 5.26 Å². The molecule has 2 N–H and O–H groups in total. The molecule has 0 bridgehead atoms. The summed E-state index contributed by atoms with van der Waals surface area (Å²) in [5.74, 6) is 0.954. The molecule has 0 atom stereocenters. The van der Waals surface area contributed by atoms with Crippen LogP contribution in [0.15, 0.2) is 28.7 Å². The van der Waals surface area contributed by atoms with Crippen LogP contribution in [0.1, 0.15) is 17.7 Å². The zero-order chi connectivity index (χ0) is 15.2. The number of benzene rings is 1. The van der Waals surface area contributed by atoms with E-state index in [1.165, 1.54) is 4.90 Å². The minimum atomic E-state index is 0.311. The first-order valence-electron chi connectivity index (χ1n) is 7.11. The Hall–Kier alpha value is -2.32. The van der Waals surface area contributed by atoms with E-state index in [1.54, 1.807) is 0 Å². The molecule has 5 heteroatoms. The van der Waals surface area contributed by atoms with Crippen molar-refractivity contribution in [2.45, 2.75) is 13.3 Å². The summed E-state index contributed by atoms with van der Waals surface area (Å²) >= 11 is 0. The van der Waals surface area contributed by atoms with Gasteiger partial charge in [-0.05, 0) is 18.6 Å². The lowest BCUT2D eigenvalue weighted by molar-refractivity contribution is -0.858. The highest BCUT2D eigenvalue weighted by atomic mass is 16.4. The van der Waals surface area contributed by atoms with Crippen molar-refractivity contribution in [3.05, 3.63) is 35.5 Å². The van der Waals surface area contributed by atoms with Crippen molar-refractivity contribution >= 4 is 5.88 Å². The summed E-state index contributed by atoms with van der Waals surface area (Å²) in [6.45, 7) is 3.83. The van der Waals surface area contributed by atoms with Crippen LogP contribution in [-0.4, -0.2) is 32.2 Å². The first-order chi connectivity index (χ1) is 10.1. The van der Waals surface area contributed by atoms with Crippen LogP contribution < -0.4 is 10.2 Å². The number of nitriles is 1. The summed E-state index contributed by atoms with van der Waals surface area (Å²) in [5.41, 5.74) is 2.30. The van der Waals surface area contributed by atoms with Gasteiger partial charge in [0.15, 0.2) is 0 Å². The topological polar surface area (TPSA) is 66.3 Å². The molecule has 2 rings (SSSR count). The predicted octanol–water partition coefficient (Wildman–Crippen LogP) is 1.47. The first-order valence-corrected chi connectivity index (χ1v) is 7.11. The van der Waals surface area contributed by atoms with Gasteiger partial charge in [-0.1, -0.05) is 18.2 Å². The largest absolute Gasteiger partial charge is 0.419 e. The average molecular weight is 285 g/mol. The molecule has 21 heavy (non-hydrogen) atoms. The second-order valence-electron chi connectivity index (χ2n) is 5.36. The van der Waals surface area contributed by atoms with Gasteiger partial charge in [0, 0.05) is 18.5 Å². The van der Waals surface area contributed by atoms with Gasteiger partial charge in [-0.15, -0.1) is 0 Å². The molecular formula is C16H21N4O+. The molecule has 0 aliphatic carbocycles. The number of nitrogens with one attached hydrogen (secondary N) is 2. The Balaban J connectivity index is 2.13. The first kappa shape index (κ1) is 15.1. The molecule has 0 aliphatic heterocycles. The fourth-order valence-corrected chi connectivity index (χ4v) is 2.09. The Morgan fingerprint density at radius 3 is 2.76 bits per heavy atom. The van der Waals surface area contributed by atoms with E-state index in [0.29, 0.717) is 17.5 Å². The minimum absolute atomic E-state index is 0.311. The van der Waals surface area contributed by atoms with Gasteiger partial charge in [-0.2, -0.15) is 10.2 Å². The molecule has 1 aromatic heterocycles. The van der Waals surface area contributed by atoms with Crippen LogP contribution in [0.25, 0.3) is 11.5 Å². The molecule has 1 aromatic carbocycles. The fourth-order valence-electron chi connectivity index (χ4n) is 2.09. The molecule has 0 aliphatic rings. The standard InChI is InChI=1S/C16H20N4O/c1-12-7-4-5-8-13(12)15-19-14(11-17)16(21-15)18-9-6-10-20(2)3/h4-5,7-8,18H,6,9-10H2,1-3H3/p+1. The Bertz CT molecular complexity index is 640. The van der Waals surface area contributed by atoms with Gasteiger partial charge >= 0.3 is 0 Å². The SMILES string of the molecule is Cc1ccccc1-c1nc(C#N)c(NCCC[NH+](C)C)o1. The summed E-state index contributed by atoms with van der Waals surface area (Å²) in [7, 11) is 4.23. The summed E-state index contributed by atoms with van der Waals surface area (Å²) in [4.78, 5) is 5.68. The molecule has 0 spiro atoms. The average Bonchev–Trinajstić information content (AvgIpc) is 2.87. The normalized spacial score (nSPS) is 10.6. The molecule has 1 heterocycles. The number of aryl methyl sites for hydroxylation is 1. The van der Waals surface area contributed by atoms with E-state index in [1.807, 2.05) is 31.2 Å². The van der Waals surface area contributed by atoms with Gasteiger partial charge in [0.05, 0.1) is 20.6 Å². The molecule has 5 nitrogen and oxygen atoms in total. The summed E-state index contributed by atoms with van der Waals surface area (Å²) < 4.78 is 5.73. The lowest BCUT2D eigenvalue weighted by Gasteiger charge is -2.07. The number of nitrogens with zero attached hydrogens (tertiary/aromatic N) is 2. The van der Waals surface area contributed by atoms with Crippen molar-refractivity contribution in [3.63, 3.8) is 0 Å². The summed E-state index contributed by atoms with van der Waals surface area (Å²) in [6, 6.07) is 9.93. The van der Waals surface area contributed by atoms with Crippen molar-refractivity contribution in [2.75, 3.05) is 32.5 Å². The van der Waals surface area contributed by atoms with Crippen LogP contribution in [0.3, 0.4) is 0 Å². The van der Waals surface area contributed by atoms with Gasteiger partial charge < -0.3 is 14.6 Å². The number of oxazole rings is 1. The molecule has 0 saturated heterocycles. The molecule has 0 radical (unpaired) electrons. The number of anilines is 1. The maximum absolute atomic E-state index is 9.18. The molecule has 110 valence electrons. The molecule has 0 saturated carbocycles. The van der Waals surface area contributed by atoms with Crippen molar-refractivity contribution in [1.29, 1.82) is 5.26 Å². The van der Waals surface area contributed by atoms with E-state index < -0.39 is 0 Å². The number of rotatable bonds is 6. The summed E-state index contributed by atoms with van der Waals surface area (Å²) in [6.07, 6.45) is 1.01. The van der Waals surface area contributed by atoms with Crippen molar-refractivity contribution in [1.82, 2.24) is 4.98 Å². The zero-order valence-electron chi connectivity index (χ0n) is 12.7. The third-order valence-electron chi connectivity index (χ3n) is 3.25. The van der Waals surface area contributed by atoms with E-state index in [0.717, 1.165) is 30.6 Å². The van der Waals surface area contributed by atoms with Crippen LogP contribution in [0.5, 0.6) is 0 Å². The predicted molar refractivity (Wildman–Crippen MR) is 82.2 cm³/mol. The third-order valence-corrected chi connectivity index (χ3v) is 3.25. The van der Waals surface area contributed by atoms with Crippen LogP contribution in [0, 0.1) is 18.3 Å². The molecule has 0 unspecified atom stereocenters. The van der Waals surface area contributed by atoms with Crippen LogP contribution in [0.2, 0.25) is 0 Å². The van der Waals surface area contributed by atoms with Crippen molar-refractivity contribution < 1.29 is 9.32 Å². The maximum Gasteiger partial charge on any atom is 0.232 e. The minimum Gasteiger partial charge on any atom is -0.419 e. The van der Waals surface area contributed by atoms with Gasteiger partial charge in [0.1, 0.15) is 6.07 Å². The van der Waals surface area contributed by atoms with Crippen LogP contribution in [0.4, 0.5) is 5.88 Å². The Labute approximate surface area is 125 Å². The highest BCUT2D eigenvalue weighted by molar-refractivity contribution is 5.62. The molecular weight excluding hydrogens is 264 g/mol. The molecule has 0 amide bonds. The molecule has 0 fully saturated rings. The van der Waals surface area contributed by atoms with E-state index in [4.69, 9.17) is 4.42 Å². The number of hydrogen-bond donors (Lipinski definition) is 2. The number of quaternary nitrogens is 1. The zero-order valence-corrected chi connectivity index (χ0v) is 12.7. The van der Waals surface area contributed by atoms with Crippen molar-refractivity contribution in [2.24, 2.45) is 0 Å². The Kier molecular flexibility index (Phi) is 4.96. The third kappa shape index (κ3) is 3.83. The second kappa shape index (κ2) is 6.91. The van der Waals surface area contributed by atoms with Crippen LogP contribution in [-0.2, 0) is 0 Å². The van der Waals surface area contributed by atoms with Crippen molar-refractivity contribution in [3.8, 4) is 17.5 Å². The lowest BCUT2D eigenvalue weighted by Crippen LogP contribution is -3.05. The smallest absolute Gasteiger partial charge is 0.232 e. The van der Waals surface area contributed by atoms with E-state index in [-0.39, 0.29) is 0 Å². The second-order valence-corrected chi connectivity index (χ2v) is 5.36. The van der Waals surface area contributed by atoms with E-state index >= 15 is 0 Å². The summed E-state index contributed by atoms with van der Waals surface area (Å²) in [5, 5.41) is 12.3. The van der Waals surface area contributed by atoms with Crippen LogP contribution >= 0.6 is 0 Å². The Morgan fingerprint density at radius 2 is 2.10 bits per heavy atom. The van der Waals surface area contributed by atoms with Gasteiger partial charge in [-0.3, -0.25) is 0 Å². The number of hydrogen-bond acceptors (Lipinski definition) is 4. The number of aromatic nitrogens is 1. The Morgan fingerprint density at radius 1 is 1.33 bits per heavy atom. The highest BCUT2D eigenvalue weighted by Gasteiger charge is 2.15. The quantitative estimate of drug-likeness (QED) is 0.789. The lowest BCUT2D eigenvalue weighted by atomic mass is 10.1. The monoisotopic (exact) mass is 285 g/mol. The van der Waals surface area contributed by atoms with Gasteiger partial charge in [0.25, 0.3) is 0 Å². The van der Waals surface area contributed by atoms with Gasteiger partial charge in [-0.25, -0.2) is 0 Å². The molecule has 2 aromatic rings. The fraction of sp³-hybridized carbons (Fsp3) is 0.375. The maximum atomic E-state index is 9.18. The van der Waals surface area contributed by atoms with Gasteiger partial charge in [0.2, 0.25) is 17.5 Å². The van der Waals surface area contributed by atoms with E-state index in [2.05, 4.69) is 30.5 Å². The highest BCUT2D eigenvalue weighted by Crippen LogP contribution is 2.27.